The van der Waals surface area contributed by atoms with E-state index in [1.807, 2.05) is 19.1 Å². The van der Waals surface area contributed by atoms with Crippen LogP contribution in [-0.4, -0.2) is 4.92 Å². The molecule has 1 aromatic carbocycles. The maximum atomic E-state index is 10.6. The van der Waals surface area contributed by atoms with Crippen LogP contribution in [0, 0.1) is 17.0 Å². The van der Waals surface area contributed by atoms with E-state index in [2.05, 4.69) is 21.2 Å². The molecule has 2 rings (SSSR count). The van der Waals surface area contributed by atoms with E-state index in [1.54, 1.807) is 11.4 Å². The van der Waals surface area contributed by atoms with Crippen LogP contribution in [0.2, 0.25) is 5.02 Å². The molecule has 4 nitrogen and oxygen atoms in total. The van der Waals surface area contributed by atoms with Crippen LogP contribution in [0.1, 0.15) is 11.1 Å². The van der Waals surface area contributed by atoms with Crippen molar-refractivity contribution in [3.05, 3.63) is 54.3 Å². The quantitative estimate of drug-likeness (QED) is 0.616. The standard InChI is InChI=1S/C12H10BrClN2O2S/c1-7-2-9(13)11(4-10(7)14)15-5-8-3-12(16(17)18)19-6-8/h2-4,6,15H,5H2,1H3. The highest BCUT2D eigenvalue weighted by Crippen LogP contribution is 2.30. The molecule has 1 aromatic heterocycles. The van der Waals surface area contributed by atoms with Gasteiger partial charge in [-0.3, -0.25) is 10.1 Å². The Hall–Kier alpha value is -1.11. The molecule has 0 aliphatic rings. The minimum atomic E-state index is -0.382. The highest BCUT2D eigenvalue weighted by molar-refractivity contribution is 9.10. The maximum absolute atomic E-state index is 10.6. The first-order chi connectivity index (χ1) is 8.97. The van der Waals surface area contributed by atoms with Crippen LogP contribution in [0.15, 0.2) is 28.1 Å². The predicted molar refractivity (Wildman–Crippen MR) is 82.2 cm³/mol. The van der Waals surface area contributed by atoms with Gasteiger partial charge in [0.25, 0.3) is 0 Å². The second-order valence-corrected chi connectivity index (χ2v) is 6.14. The van der Waals surface area contributed by atoms with E-state index in [1.165, 1.54) is 0 Å². The van der Waals surface area contributed by atoms with Crippen LogP contribution in [0.4, 0.5) is 10.7 Å². The second kappa shape index (κ2) is 5.90. The van der Waals surface area contributed by atoms with E-state index in [0.717, 1.165) is 32.6 Å². The Bertz CT molecular complexity index is 630. The van der Waals surface area contributed by atoms with Crippen molar-refractivity contribution in [3.63, 3.8) is 0 Å². The molecule has 0 atom stereocenters. The molecular weight excluding hydrogens is 352 g/mol. The first-order valence-electron chi connectivity index (χ1n) is 5.38. The average Bonchev–Trinajstić information content (AvgIpc) is 2.81. The van der Waals surface area contributed by atoms with Gasteiger partial charge in [-0.25, -0.2) is 0 Å². The molecule has 0 unspecified atom stereocenters. The van der Waals surface area contributed by atoms with Crippen molar-refractivity contribution in [3.8, 4) is 0 Å². The molecule has 100 valence electrons. The van der Waals surface area contributed by atoms with E-state index < -0.39 is 0 Å². The average molecular weight is 362 g/mol. The van der Waals surface area contributed by atoms with Gasteiger partial charge in [-0.15, -0.1) is 0 Å². The third-order valence-electron chi connectivity index (χ3n) is 2.55. The Morgan fingerprint density at radius 2 is 2.21 bits per heavy atom. The van der Waals surface area contributed by atoms with Crippen molar-refractivity contribution in [1.29, 1.82) is 0 Å². The Morgan fingerprint density at radius 1 is 1.47 bits per heavy atom. The minimum Gasteiger partial charge on any atom is -0.380 e. The number of anilines is 1. The molecule has 0 saturated carbocycles. The number of hydrogen-bond acceptors (Lipinski definition) is 4. The van der Waals surface area contributed by atoms with Crippen molar-refractivity contribution < 1.29 is 4.92 Å². The summed E-state index contributed by atoms with van der Waals surface area (Å²) in [6.45, 7) is 2.45. The van der Waals surface area contributed by atoms with E-state index in [9.17, 15) is 10.1 Å². The number of rotatable bonds is 4. The fourth-order valence-corrected chi connectivity index (χ4v) is 3.02. The van der Waals surface area contributed by atoms with Gasteiger partial charge in [-0.1, -0.05) is 22.9 Å². The topological polar surface area (TPSA) is 55.2 Å². The van der Waals surface area contributed by atoms with Crippen molar-refractivity contribution in [2.45, 2.75) is 13.5 Å². The summed E-state index contributed by atoms with van der Waals surface area (Å²) < 4.78 is 0.916. The molecule has 0 amide bonds. The molecule has 7 heteroatoms. The number of nitro groups is 1. The lowest BCUT2D eigenvalue weighted by atomic mass is 10.2. The van der Waals surface area contributed by atoms with Crippen LogP contribution < -0.4 is 5.32 Å². The largest absolute Gasteiger partial charge is 0.380 e. The van der Waals surface area contributed by atoms with Gasteiger partial charge in [-0.2, -0.15) is 0 Å². The molecule has 0 saturated heterocycles. The van der Waals surface area contributed by atoms with Gasteiger partial charge in [0.15, 0.2) is 0 Å². The fraction of sp³-hybridized carbons (Fsp3) is 0.167. The lowest BCUT2D eigenvalue weighted by molar-refractivity contribution is -0.380. The Balaban J connectivity index is 2.09. The smallest absolute Gasteiger partial charge is 0.324 e. The summed E-state index contributed by atoms with van der Waals surface area (Å²) in [5.41, 5.74) is 2.73. The first-order valence-corrected chi connectivity index (χ1v) is 7.43. The van der Waals surface area contributed by atoms with Crippen molar-refractivity contribution in [2.75, 3.05) is 5.32 Å². The number of aryl methyl sites for hydroxylation is 1. The van der Waals surface area contributed by atoms with E-state index in [4.69, 9.17) is 11.6 Å². The predicted octanol–water partition coefficient (Wildman–Crippen LogP) is 4.99. The molecule has 0 radical (unpaired) electrons. The van der Waals surface area contributed by atoms with Gasteiger partial charge < -0.3 is 5.32 Å². The summed E-state index contributed by atoms with van der Waals surface area (Å²) in [6.07, 6.45) is 0. The van der Waals surface area contributed by atoms with Crippen molar-refractivity contribution in [1.82, 2.24) is 0 Å². The number of hydrogen-bond donors (Lipinski definition) is 1. The molecule has 0 spiro atoms. The van der Waals surface area contributed by atoms with Gasteiger partial charge in [0.05, 0.1) is 10.6 Å². The summed E-state index contributed by atoms with van der Waals surface area (Å²) >= 11 is 10.6. The first kappa shape index (κ1) is 14.3. The van der Waals surface area contributed by atoms with Crippen LogP contribution >= 0.6 is 38.9 Å². The van der Waals surface area contributed by atoms with Gasteiger partial charge in [0.2, 0.25) is 0 Å². The molecular formula is C12H10BrClN2O2S. The Morgan fingerprint density at radius 3 is 2.84 bits per heavy atom. The number of nitrogens with zero attached hydrogens (tertiary/aromatic N) is 1. The van der Waals surface area contributed by atoms with Crippen molar-refractivity contribution >= 4 is 49.6 Å². The zero-order chi connectivity index (χ0) is 14.0. The van der Waals surface area contributed by atoms with Crippen molar-refractivity contribution in [2.24, 2.45) is 0 Å². The monoisotopic (exact) mass is 360 g/mol. The molecule has 19 heavy (non-hydrogen) atoms. The number of halogens is 2. The molecule has 0 aliphatic carbocycles. The van der Waals surface area contributed by atoms with Crippen LogP contribution in [0.25, 0.3) is 0 Å². The van der Waals surface area contributed by atoms with Gasteiger partial charge in [0.1, 0.15) is 0 Å². The van der Waals surface area contributed by atoms with E-state index >= 15 is 0 Å². The molecule has 0 bridgehead atoms. The Kier molecular flexibility index (Phi) is 4.44. The number of nitrogens with one attached hydrogen (secondary N) is 1. The minimum absolute atomic E-state index is 0.151. The van der Waals surface area contributed by atoms with E-state index in [0.29, 0.717) is 11.6 Å². The van der Waals surface area contributed by atoms with Crippen LogP contribution in [-0.2, 0) is 6.54 Å². The van der Waals surface area contributed by atoms with Crippen LogP contribution in [0.5, 0.6) is 0 Å². The molecule has 0 aliphatic heterocycles. The molecule has 1 N–H and O–H groups in total. The molecule has 0 fully saturated rings. The summed E-state index contributed by atoms with van der Waals surface area (Å²) in [5.74, 6) is 0. The summed E-state index contributed by atoms with van der Waals surface area (Å²) in [5, 5.41) is 16.4. The lowest BCUT2D eigenvalue weighted by Gasteiger charge is -2.09. The van der Waals surface area contributed by atoms with E-state index in [-0.39, 0.29) is 9.92 Å². The highest BCUT2D eigenvalue weighted by atomic mass is 79.9. The fourth-order valence-electron chi connectivity index (χ4n) is 1.53. The highest BCUT2D eigenvalue weighted by Gasteiger charge is 2.10. The Labute approximate surface area is 127 Å². The summed E-state index contributed by atoms with van der Waals surface area (Å²) in [7, 11) is 0. The SMILES string of the molecule is Cc1cc(Br)c(NCc2csc([N+](=O)[O-])c2)cc1Cl. The van der Waals surface area contributed by atoms with Gasteiger partial charge in [-0.05, 0) is 46.1 Å². The number of benzene rings is 1. The lowest BCUT2D eigenvalue weighted by Crippen LogP contribution is -1.99. The third kappa shape index (κ3) is 3.46. The molecule has 2 aromatic rings. The van der Waals surface area contributed by atoms with Gasteiger partial charge >= 0.3 is 5.00 Å². The number of thiophene rings is 1. The normalized spacial score (nSPS) is 10.5. The maximum Gasteiger partial charge on any atom is 0.324 e. The summed E-state index contributed by atoms with van der Waals surface area (Å²) in [4.78, 5) is 10.2. The van der Waals surface area contributed by atoms with Gasteiger partial charge in [0, 0.05) is 27.5 Å². The molecule has 1 heterocycles. The summed E-state index contributed by atoms with van der Waals surface area (Å²) in [6, 6.07) is 5.34. The van der Waals surface area contributed by atoms with Crippen LogP contribution in [0.3, 0.4) is 0 Å². The second-order valence-electron chi connectivity index (χ2n) is 3.99. The zero-order valence-corrected chi connectivity index (χ0v) is 13.1. The zero-order valence-electron chi connectivity index (χ0n) is 9.94. The third-order valence-corrected chi connectivity index (χ3v) is 4.54.